The third-order valence-corrected chi connectivity index (χ3v) is 7.39. The SMILES string of the molecule is O=C(CC(c1cccnc1)c1ccc2ccccc2c1)CC(c1cccnc1)c1ccc2ccccc2c1. The summed E-state index contributed by atoms with van der Waals surface area (Å²) in [5.41, 5.74) is 4.38. The molecule has 0 radical (unpaired) electrons. The second kappa shape index (κ2) is 10.8. The van der Waals surface area contributed by atoms with Crippen molar-refractivity contribution in [3.8, 4) is 0 Å². The van der Waals surface area contributed by atoms with Crippen LogP contribution >= 0.6 is 0 Å². The molecule has 0 spiro atoms. The molecule has 6 rings (SSSR count). The highest BCUT2D eigenvalue weighted by molar-refractivity contribution is 5.86. The second-order valence-corrected chi connectivity index (χ2v) is 9.84. The zero-order valence-corrected chi connectivity index (χ0v) is 21.1. The maximum atomic E-state index is 13.8. The number of carbonyl (C=O) groups excluding carboxylic acids is 1. The maximum absolute atomic E-state index is 13.8. The molecule has 0 saturated carbocycles. The predicted octanol–water partition coefficient (Wildman–Crippen LogP) is 8.10. The number of hydrogen-bond acceptors (Lipinski definition) is 3. The Balaban J connectivity index is 1.34. The van der Waals surface area contributed by atoms with E-state index in [1.165, 1.54) is 21.5 Å². The molecule has 2 unspecified atom stereocenters. The van der Waals surface area contributed by atoms with Gasteiger partial charge in [0.25, 0.3) is 0 Å². The fourth-order valence-corrected chi connectivity index (χ4v) is 5.41. The van der Waals surface area contributed by atoms with Crippen molar-refractivity contribution in [1.82, 2.24) is 9.97 Å². The molecule has 4 aromatic carbocycles. The van der Waals surface area contributed by atoms with E-state index < -0.39 is 0 Å². The van der Waals surface area contributed by atoms with Gasteiger partial charge in [-0.3, -0.25) is 14.8 Å². The van der Waals surface area contributed by atoms with Gasteiger partial charge in [0.05, 0.1) is 0 Å². The van der Waals surface area contributed by atoms with E-state index in [1.807, 2.05) is 24.5 Å². The van der Waals surface area contributed by atoms with Gasteiger partial charge < -0.3 is 0 Å². The molecule has 38 heavy (non-hydrogen) atoms. The Morgan fingerprint density at radius 1 is 0.500 bits per heavy atom. The van der Waals surface area contributed by atoms with E-state index in [9.17, 15) is 4.79 Å². The van der Waals surface area contributed by atoms with Crippen molar-refractivity contribution in [1.29, 1.82) is 0 Å². The van der Waals surface area contributed by atoms with Crippen molar-refractivity contribution >= 4 is 27.3 Å². The van der Waals surface area contributed by atoms with Crippen molar-refractivity contribution in [2.24, 2.45) is 0 Å². The highest BCUT2D eigenvalue weighted by Gasteiger charge is 2.24. The lowest BCUT2D eigenvalue weighted by atomic mass is 9.82. The van der Waals surface area contributed by atoms with Crippen LogP contribution < -0.4 is 0 Å². The molecular formula is C35H28N2O. The topological polar surface area (TPSA) is 42.9 Å². The highest BCUT2D eigenvalue weighted by Crippen LogP contribution is 2.35. The number of rotatable bonds is 8. The van der Waals surface area contributed by atoms with Crippen LogP contribution in [0.25, 0.3) is 21.5 Å². The molecular weight excluding hydrogens is 464 g/mol. The molecule has 2 aromatic heterocycles. The van der Waals surface area contributed by atoms with Gasteiger partial charge in [0, 0.05) is 49.5 Å². The van der Waals surface area contributed by atoms with Crippen molar-refractivity contribution < 1.29 is 4.79 Å². The number of pyridine rings is 2. The maximum Gasteiger partial charge on any atom is 0.134 e. The monoisotopic (exact) mass is 492 g/mol. The van der Waals surface area contributed by atoms with Crippen LogP contribution in [0.3, 0.4) is 0 Å². The van der Waals surface area contributed by atoms with E-state index in [-0.39, 0.29) is 17.6 Å². The van der Waals surface area contributed by atoms with Crippen LogP contribution in [0.1, 0.15) is 46.9 Å². The number of benzene rings is 4. The fourth-order valence-electron chi connectivity index (χ4n) is 5.41. The van der Waals surface area contributed by atoms with Crippen LogP contribution in [0.15, 0.2) is 134 Å². The van der Waals surface area contributed by atoms with Gasteiger partial charge in [-0.15, -0.1) is 0 Å². The third kappa shape index (κ3) is 5.09. The molecule has 0 amide bonds. The Morgan fingerprint density at radius 2 is 0.947 bits per heavy atom. The third-order valence-electron chi connectivity index (χ3n) is 7.39. The van der Waals surface area contributed by atoms with Crippen LogP contribution in [0, 0.1) is 0 Å². The van der Waals surface area contributed by atoms with E-state index in [4.69, 9.17) is 0 Å². The molecule has 0 aliphatic rings. The van der Waals surface area contributed by atoms with Crippen molar-refractivity contribution in [2.45, 2.75) is 24.7 Å². The Labute approximate surface area is 222 Å². The summed E-state index contributed by atoms with van der Waals surface area (Å²) < 4.78 is 0. The molecule has 0 N–H and O–H groups in total. The van der Waals surface area contributed by atoms with E-state index in [0.717, 1.165) is 22.3 Å². The molecule has 2 heterocycles. The van der Waals surface area contributed by atoms with E-state index in [2.05, 4.69) is 107 Å². The average molecular weight is 493 g/mol. The summed E-state index contributed by atoms with van der Waals surface area (Å²) in [6.45, 7) is 0. The van der Waals surface area contributed by atoms with Crippen LogP contribution in [-0.4, -0.2) is 15.8 Å². The molecule has 3 heteroatoms. The van der Waals surface area contributed by atoms with Crippen LogP contribution in [0.2, 0.25) is 0 Å². The second-order valence-electron chi connectivity index (χ2n) is 9.84. The average Bonchev–Trinajstić information content (AvgIpc) is 2.99. The molecule has 184 valence electrons. The van der Waals surface area contributed by atoms with Crippen LogP contribution in [-0.2, 0) is 4.79 Å². The lowest BCUT2D eigenvalue weighted by Crippen LogP contribution is -2.14. The lowest BCUT2D eigenvalue weighted by molar-refractivity contribution is -0.119. The number of fused-ring (bicyclic) bond motifs is 2. The molecule has 3 nitrogen and oxygen atoms in total. The first-order valence-electron chi connectivity index (χ1n) is 13.0. The number of ketones is 1. The quantitative estimate of drug-likeness (QED) is 0.216. The molecule has 0 aliphatic carbocycles. The minimum absolute atomic E-state index is 0.0630. The van der Waals surface area contributed by atoms with Gasteiger partial charge >= 0.3 is 0 Å². The Bertz CT molecular complexity index is 1570. The Morgan fingerprint density at radius 3 is 1.37 bits per heavy atom. The molecule has 0 bridgehead atoms. The van der Waals surface area contributed by atoms with Crippen LogP contribution in [0.5, 0.6) is 0 Å². The standard InChI is InChI=1S/C35H28N2O/c38-33(21-34(31-11-5-17-36-23-31)29-15-13-25-7-1-3-9-27(25)19-29)22-35(32-12-6-18-37-24-32)30-16-14-26-8-2-4-10-28(26)20-30/h1-20,23-24,34-35H,21-22H2. The first kappa shape index (κ1) is 23.7. The normalized spacial score (nSPS) is 12.8. The van der Waals surface area contributed by atoms with Gasteiger partial charge in [0.1, 0.15) is 5.78 Å². The largest absolute Gasteiger partial charge is 0.300 e. The minimum Gasteiger partial charge on any atom is -0.300 e. The lowest BCUT2D eigenvalue weighted by Gasteiger charge is -2.21. The summed E-state index contributed by atoms with van der Waals surface area (Å²) in [5, 5.41) is 4.74. The molecule has 6 aromatic rings. The van der Waals surface area contributed by atoms with Gasteiger partial charge in [-0.2, -0.15) is 0 Å². The van der Waals surface area contributed by atoms with Crippen molar-refractivity contribution in [2.75, 3.05) is 0 Å². The fraction of sp³-hybridized carbons (Fsp3) is 0.114. The van der Waals surface area contributed by atoms with Gasteiger partial charge in [0.15, 0.2) is 0 Å². The summed E-state index contributed by atoms with van der Waals surface area (Å²) in [4.78, 5) is 22.6. The first-order chi connectivity index (χ1) is 18.7. The van der Waals surface area contributed by atoms with E-state index in [1.54, 1.807) is 12.4 Å². The summed E-state index contributed by atoms with van der Waals surface area (Å²) in [5.74, 6) is 0.0907. The summed E-state index contributed by atoms with van der Waals surface area (Å²) in [6.07, 6.45) is 8.15. The minimum atomic E-state index is -0.0630. The van der Waals surface area contributed by atoms with Gasteiger partial charge in [0.2, 0.25) is 0 Å². The van der Waals surface area contributed by atoms with Crippen molar-refractivity contribution in [3.05, 3.63) is 156 Å². The predicted molar refractivity (Wildman–Crippen MR) is 154 cm³/mol. The Kier molecular flexibility index (Phi) is 6.73. The molecule has 0 aliphatic heterocycles. The number of hydrogen-bond donors (Lipinski definition) is 0. The summed E-state index contributed by atoms with van der Waals surface area (Å²) >= 11 is 0. The number of nitrogens with zero attached hydrogens (tertiary/aromatic N) is 2. The summed E-state index contributed by atoms with van der Waals surface area (Å²) in [7, 11) is 0. The smallest absolute Gasteiger partial charge is 0.134 e. The number of carbonyl (C=O) groups is 1. The molecule has 2 atom stereocenters. The zero-order chi connectivity index (χ0) is 25.7. The number of aromatic nitrogens is 2. The molecule has 0 saturated heterocycles. The van der Waals surface area contributed by atoms with Gasteiger partial charge in [-0.05, 0) is 55.9 Å². The van der Waals surface area contributed by atoms with Crippen molar-refractivity contribution in [3.63, 3.8) is 0 Å². The Hall–Kier alpha value is -4.63. The zero-order valence-electron chi connectivity index (χ0n) is 21.1. The van der Waals surface area contributed by atoms with E-state index >= 15 is 0 Å². The first-order valence-corrected chi connectivity index (χ1v) is 13.0. The van der Waals surface area contributed by atoms with Crippen LogP contribution in [0.4, 0.5) is 0 Å². The van der Waals surface area contributed by atoms with Gasteiger partial charge in [-0.25, -0.2) is 0 Å². The summed E-state index contributed by atoms with van der Waals surface area (Å²) in [6, 6.07) is 37.7. The highest BCUT2D eigenvalue weighted by atomic mass is 16.1. The number of Topliss-reactive ketones (excluding diaryl/α,β-unsaturated/α-hetero) is 1. The van der Waals surface area contributed by atoms with Gasteiger partial charge in [-0.1, -0.05) is 97.1 Å². The molecule has 0 fully saturated rings. The van der Waals surface area contributed by atoms with E-state index in [0.29, 0.717) is 12.8 Å².